The molecule has 2 aromatic rings. The average molecular weight is 621 g/mol. The predicted octanol–water partition coefficient (Wildman–Crippen LogP) is 4.68. The maximum absolute atomic E-state index is 14.5. The molecule has 3 amide bonds. The molecule has 0 radical (unpaired) electrons. The summed E-state index contributed by atoms with van der Waals surface area (Å²) in [6.45, 7) is 14.0. The Hall–Kier alpha value is -3.63. The molecule has 244 valence electrons. The van der Waals surface area contributed by atoms with Gasteiger partial charge in [-0.3, -0.25) is 14.4 Å². The highest BCUT2D eigenvalue weighted by Crippen LogP contribution is 2.63. The third-order valence-corrected chi connectivity index (χ3v) is 9.79. The molecule has 5 rings (SSSR count). The second-order valence-electron chi connectivity index (χ2n) is 13.1. The summed E-state index contributed by atoms with van der Waals surface area (Å²) in [5.74, 6) is -1.82. The van der Waals surface area contributed by atoms with Crippen LogP contribution in [0.25, 0.3) is 0 Å². The molecule has 2 unspecified atom stereocenters. The summed E-state index contributed by atoms with van der Waals surface area (Å²) in [5.41, 5.74) is 0.136. The highest BCUT2D eigenvalue weighted by Gasteiger charge is 2.78. The molecule has 3 saturated heterocycles. The highest BCUT2D eigenvalue weighted by molar-refractivity contribution is 6.05. The second-order valence-corrected chi connectivity index (χ2v) is 13.1. The van der Waals surface area contributed by atoms with Crippen LogP contribution in [0.15, 0.2) is 48.5 Å². The van der Waals surface area contributed by atoms with E-state index < -0.39 is 35.1 Å². The molecule has 2 bridgehead atoms. The molecule has 3 N–H and O–H groups in total. The lowest BCUT2D eigenvalue weighted by atomic mass is 9.66. The van der Waals surface area contributed by atoms with Crippen molar-refractivity contribution in [1.82, 2.24) is 4.90 Å². The van der Waals surface area contributed by atoms with Gasteiger partial charge in [-0.2, -0.15) is 0 Å². The molecule has 3 fully saturated rings. The van der Waals surface area contributed by atoms with Gasteiger partial charge in [0.2, 0.25) is 17.7 Å². The van der Waals surface area contributed by atoms with Crippen molar-refractivity contribution >= 4 is 34.8 Å². The minimum Gasteiger partial charge on any atom is -0.494 e. The molecule has 3 aliphatic heterocycles. The first-order valence-corrected chi connectivity index (χ1v) is 16.3. The minimum atomic E-state index is -1.19. The van der Waals surface area contributed by atoms with Crippen LogP contribution >= 0.6 is 0 Å². The zero-order valence-electron chi connectivity index (χ0n) is 27.3. The number of benzene rings is 2. The number of fused-ring (bicyclic) bond motifs is 1. The number of aliphatic hydroxyl groups excluding tert-OH is 1. The Labute approximate surface area is 266 Å². The van der Waals surface area contributed by atoms with Crippen molar-refractivity contribution in [2.75, 3.05) is 41.8 Å². The van der Waals surface area contributed by atoms with E-state index in [2.05, 4.69) is 29.4 Å². The van der Waals surface area contributed by atoms with Gasteiger partial charge in [0.15, 0.2) is 0 Å². The van der Waals surface area contributed by atoms with Crippen molar-refractivity contribution in [2.24, 2.45) is 17.8 Å². The lowest BCUT2D eigenvalue weighted by molar-refractivity contribution is -0.147. The highest BCUT2D eigenvalue weighted by atomic mass is 16.5. The Bertz CT molecular complexity index is 1380. The smallest absolute Gasteiger partial charge is 0.250 e. The van der Waals surface area contributed by atoms with E-state index in [0.29, 0.717) is 43.0 Å². The van der Waals surface area contributed by atoms with Gasteiger partial charge in [0.1, 0.15) is 17.4 Å². The van der Waals surface area contributed by atoms with Crippen LogP contribution in [0, 0.1) is 17.8 Å². The quantitative estimate of drug-likeness (QED) is 0.298. The first kappa shape index (κ1) is 32.8. The molecule has 0 aromatic heterocycles. The summed E-state index contributed by atoms with van der Waals surface area (Å²) < 4.78 is 12.3. The van der Waals surface area contributed by atoms with Crippen LogP contribution in [-0.2, 0) is 19.1 Å². The molecular weight excluding hydrogens is 572 g/mol. The molecule has 0 aliphatic carbocycles. The van der Waals surface area contributed by atoms with E-state index in [1.54, 1.807) is 24.3 Å². The van der Waals surface area contributed by atoms with E-state index >= 15 is 0 Å². The average Bonchev–Trinajstić information content (AvgIpc) is 3.59. The van der Waals surface area contributed by atoms with Gasteiger partial charge < -0.3 is 35.0 Å². The van der Waals surface area contributed by atoms with Crippen molar-refractivity contribution in [3.05, 3.63) is 48.5 Å². The van der Waals surface area contributed by atoms with E-state index in [0.717, 1.165) is 18.8 Å². The number of nitrogens with zero attached hydrogens (tertiary/aromatic N) is 2. The third kappa shape index (κ3) is 5.90. The molecule has 6 atom stereocenters. The zero-order valence-corrected chi connectivity index (χ0v) is 27.3. The van der Waals surface area contributed by atoms with Gasteiger partial charge in [-0.1, -0.05) is 13.8 Å². The number of rotatable bonds is 13. The molecule has 2 aromatic carbocycles. The summed E-state index contributed by atoms with van der Waals surface area (Å²) in [5, 5.41) is 16.6. The van der Waals surface area contributed by atoms with E-state index in [-0.39, 0.29) is 30.2 Å². The summed E-state index contributed by atoms with van der Waals surface area (Å²) in [7, 11) is 0. The molecule has 1 spiro atoms. The lowest BCUT2D eigenvalue weighted by Crippen LogP contribution is -2.56. The Morgan fingerprint density at radius 2 is 1.60 bits per heavy atom. The van der Waals surface area contributed by atoms with Crippen molar-refractivity contribution in [1.29, 1.82) is 0 Å². The van der Waals surface area contributed by atoms with Crippen LogP contribution in [0.5, 0.6) is 5.75 Å². The Balaban J connectivity index is 1.47. The SMILES string of the molecule is CCOc1ccc(NC(=O)[C@@H]2[C@H]3C(=O)N([C@@H](CO)CC(C)C)C(C(=O)Nc4ccc(N(CC)CC)cc4)C34CC[C@@]2(C)O4)cc1. The van der Waals surface area contributed by atoms with Crippen molar-refractivity contribution in [2.45, 2.75) is 84.1 Å². The van der Waals surface area contributed by atoms with Gasteiger partial charge in [-0.25, -0.2) is 0 Å². The molecule has 45 heavy (non-hydrogen) atoms. The fourth-order valence-electron chi connectivity index (χ4n) is 7.85. The first-order chi connectivity index (χ1) is 21.5. The number of anilines is 3. The van der Waals surface area contributed by atoms with Crippen molar-refractivity contribution in [3.63, 3.8) is 0 Å². The van der Waals surface area contributed by atoms with Crippen LogP contribution in [0.3, 0.4) is 0 Å². The topological polar surface area (TPSA) is 120 Å². The summed E-state index contributed by atoms with van der Waals surface area (Å²) in [4.78, 5) is 46.5. The number of carbonyl (C=O) groups is 3. The maximum Gasteiger partial charge on any atom is 0.250 e. The molecule has 3 aliphatic rings. The minimum absolute atomic E-state index is 0.165. The van der Waals surface area contributed by atoms with Crippen LogP contribution < -0.4 is 20.3 Å². The van der Waals surface area contributed by atoms with Gasteiger partial charge in [-0.05, 0) is 101 Å². The van der Waals surface area contributed by atoms with Crippen LogP contribution in [-0.4, -0.2) is 77.3 Å². The first-order valence-electron chi connectivity index (χ1n) is 16.3. The van der Waals surface area contributed by atoms with Gasteiger partial charge >= 0.3 is 0 Å². The number of amides is 3. The second kappa shape index (κ2) is 13.0. The molecule has 10 heteroatoms. The molecule has 0 saturated carbocycles. The van der Waals surface area contributed by atoms with E-state index in [9.17, 15) is 19.5 Å². The van der Waals surface area contributed by atoms with Gasteiger partial charge in [0.05, 0.1) is 36.7 Å². The van der Waals surface area contributed by atoms with E-state index in [1.807, 2.05) is 52.0 Å². The summed E-state index contributed by atoms with van der Waals surface area (Å²) in [6.07, 6.45) is 1.50. The number of carbonyl (C=O) groups excluding carboxylic acids is 3. The number of nitrogens with one attached hydrogen (secondary N) is 2. The lowest BCUT2D eigenvalue weighted by Gasteiger charge is -2.37. The monoisotopic (exact) mass is 620 g/mol. The third-order valence-electron chi connectivity index (χ3n) is 9.79. The largest absolute Gasteiger partial charge is 0.494 e. The van der Waals surface area contributed by atoms with Gasteiger partial charge in [-0.15, -0.1) is 0 Å². The molecule has 3 heterocycles. The van der Waals surface area contributed by atoms with Crippen LogP contribution in [0.2, 0.25) is 0 Å². The molecule has 10 nitrogen and oxygen atoms in total. The van der Waals surface area contributed by atoms with Crippen LogP contribution in [0.1, 0.15) is 60.8 Å². The number of hydrogen-bond acceptors (Lipinski definition) is 7. The Kier molecular flexibility index (Phi) is 9.46. The predicted molar refractivity (Wildman–Crippen MR) is 174 cm³/mol. The normalized spacial score (nSPS) is 27.4. The fourth-order valence-corrected chi connectivity index (χ4v) is 7.85. The summed E-state index contributed by atoms with van der Waals surface area (Å²) in [6, 6.07) is 13.2. The Morgan fingerprint density at radius 3 is 2.16 bits per heavy atom. The number of ether oxygens (including phenoxy) is 2. The van der Waals surface area contributed by atoms with Gasteiger partial charge in [0, 0.05) is 30.2 Å². The van der Waals surface area contributed by atoms with E-state index in [1.165, 1.54) is 4.90 Å². The number of hydrogen-bond donors (Lipinski definition) is 3. The summed E-state index contributed by atoms with van der Waals surface area (Å²) >= 11 is 0. The number of aliphatic hydroxyl groups is 1. The Morgan fingerprint density at radius 1 is 1.00 bits per heavy atom. The zero-order chi connectivity index (χ0) is 32.5. The standard InChI is InChI=1S/C35H48N4O6/c1-7-38(8-2)25-14-10-23(11-15-25)37-32(42)30-35-19-18-34(6,45-35)28(29(35)33(43)39(30)26(21-40)20-22(4)5)31(41)36-24-12-16-27(17-13-24)44-9-3/h10-17,22,26,28-30,40H,7-9,18-21H2,1-6H3,(H,36,41)(H,37,42)/t26-,28+,29+,30?,34-,35?/m1/s1. The van der Waals surface area contributed by atoms with Crippen LogP contribution in [0.4, 0.5) is 17.1 Å². The maximum atomic E-state index is 14.5. The molecular formula is C35H48N4O6. The van der Waals surface area contributed by atoms with Crippen molar-refractivity contribution < 1.29 is 29.0 Å². The fraction of sp³-hybridized carbons (Fsp3) is 0.571. The van der Waals surface area contributed by atoms with Gasteiger partial charge in [0.25, 0.3) is 0 Å². The van der Waals surface area contributed by atoms with Crippen molar-refractivity contribution in [3.8, 4) is 5.75 Å². The number of likely N-dealkylation sites (tertiary alicyclic amines) is 1. The van der Waals surface area contributed by atoms with E-state index in [4.69, 9.17) is 9.47 Å².